The SMILES string of the molecule is CCN(CC)C(=O)C[NH+](C)CC(=O)Nc1ccc(Oc2ccc(C)cc2)cc1. The van der Waals surface area contributed by atoms with E-state index in [0.717, 1.165) is 10.6 Å². The summed E-state index contributed by atoms with van der Waals surface area (Å²) in [6.07, 6.45) is 0. The highest BCUT2D eigenvalue weighted by Crippen LogP contribution is 2.23. The average molecular weight is 385 g/mol. The van der Waals surface area contributed by atoms with Crippen molar-refractivity contribution < 1.29 is 19.2 Å². The van der Waals surface area contributed by atoms with Gasteiger partial charge in [-0.25, -0.2) is 0 Å². The first kappa shape index (κ1) is 21.4. The highest BCUT2D eigenvalue weighted by molar-refractivity contribution is 5.91. The molecule has 0 aromatic heterocycles. The molecule has 0 aliphatic carbocycles. The first-order chi connectivity index (χ1) is 13.4. The Morgan fingerprint density at radius 2 is 1.46 bits per heavy atom. The van der Waals surface area contributed by atoms with Crippen LogP contribution >= 0.6 is 0 Å². The predicted molar refractivity (Wildman–Crippen MR) is 111 cm³/mol. The van der Waals surface area contributed by atoms with E-state index in [1.54, 1.807) is 17.0 Å². The quantitative estimate of drug-likeness (QED) is 0.696. The van der Waals surface area contributed by atoms with E-state index in [9.17, 15) is 9.59 Å². The molecule has 6 nitrogen and oxygen atoms in total. The van der Waals surface area contributed by atoms with E-state index < -0.39 is 0 Å². The maximum Gasteiger partial charge on any atom is 0.279 e. The summed E-state index contributed by atoms with van der Waals surface area (Å²) in [4.78, 5) is 27.0. The number of anilines is 1. The molecule has 2 amide bonds. The van der Waals surface area contributed by atoms with Crippen LogP contribution in [0.3, 0.4) is 0 Å². The lowest BCUT2D eigenvalue weighted by molar-refractivity contribution is -0.862. The fourth-order valence-corrected chi connectivity index (χ4v) is 2.84. The third-order valence-electron chi connectivity index (χ3n) is 4.43. The molecule has 0 heterocycles. The van der Waals surface area contributed by atoms with Crippen LogP contribution in [-0.2, 0) is 9.59 Å². The molecule has 6 heteroatoms. The minimum atomic E-state index is -0.128. The number of nitrogens with one attached hydrogen (secondary N) is 2. The summed E-state index contributed by atoms with van der Waals surface area (Å²) in [6, 6.07) is 15.1. The second-order valence-corrected chi connectivity index (χ2v) is 6.86. The number of carbonyl (C=O) groups excluding carboxylic acids is 2. The van der Waals surface area contributed by atoms with E-state index in [0.29, 0.717) is 31.1 Å². The van der Waals surface area contributed by atoms with Crippen molar-refractivity contribution in [2.75, 3.05) is 38.5 Å². The van der Waals surface area contributed by atoms with Crippen molar-refractivity contribution in [2.24, 2.45) is 0 Å². The van der Waals surface area contributed by atoms with Gasteiger partial charge in [-0.15, -0.1) is 0 Å². The van der Waals surface area contributed by atoms with Crippen molar-refractivity contribution in [2.45, 2.75) is 20.8 Å². The van der Waals surface area contributed by atoms with Gasteiger partial charge in [-0.3, -0.25) is 9.59 Å². The van der Waals surface area contributed by atoms with Gasteiger partial charge in [0.1, 0.15) is 11.5 Å². The third-order valence-corrected chi connectivity index (χ3v) is 4.43. The van der Waals surface area contributed by atoms with Crippen molar-refractivity contribution >= 4 is 17.5 Å². The van der Waals surface area contributed by atoms with Crippen molar-refractivity contribution in [3.05, 3.63) is 54.1 Å². The van der Waals surface area contributed by atoms with E-state index in [4.69, 9.17) is 4.74 Å². The maximum atomic E-state index is 12.2. The van der Waals surface area contributed by atoms with Crippen LogP contribution in [0.25, 0.3) is 0 Å². The molecule has 1 unspecified atom stereocenters. The van der Waals surface area contributed by atoms with E-state index in [1.807, 2.05) is 64.2 Å². The minimum Gasteiger partial charge on any atom is -0.457 e. The van der Waals surface area contributed by atoms with Crippen LogP contribution in [0.5, 0.6) is 11.5 Å². The topological polar surface area (TPSA) is 63.1 Å². The van der Waals surface area contributed by atoms with Gasteiger partial charge >= 0.3 is 0 Å². The van der Waals surface area contributed by atoms with Gasteiger partial charge in [0.05, 0.1) is 7.05 Å². The van der Waals surface area contributed by atoms with Crippen LogP contribution in [-0.4, -0.2) is 49.9 Å². The van der Waals surface area contributed by atoms with E-state index in [1.165, 1.54) is 5.56 Å². The standard InChI is InChI=1S/C22H29N3O3/c1-5-25(6-2)22(27)16-24(4)15-21(26)23-18-9-13-20(14-10-18)28-19-11-7-17(3)8-12-19/h7-14H,5-6,15-16H2,1-4H3,(H,23,26)/p+1. The Morgan fingerprint density at radius 1 is 0.929 bits per heavy atom. The molecule has 2 aromatic carbocycles. The summed E-state index contributed by atoms with van der Waals surface area (Å²) in [6.45, 7) is 7.84. The molecule has 28 heavy (non-hydrogen) atoms. The number of nitrogens with zero attached hydrogens (tertiary/aromatic N) is 1. The first-order valence-corrected chi connectivity index (χ1v) is 9.64. The Labute approximate surface area is 167 Å². The van der Waals surface area contributed by atoms with Crippen LogP contribution in [0, 0.1) is 6.92 Å². The summed E-state index contributed by atoms with van der Waals surface area (Å²) in [7, 11) is 1.85. The normalized spacial score (nSPS) is 11.6. The molecule has 0 spiro atoms. The molecule has 0 fully saturated rings. The van der Waals surface area contributed by atoms with Crippen molar-refractivity contribution in [1.82, 2.24) is 4.90 Å². The molecule has 150 valence electrons. The van der Waals surface area contributed by atoms with E-state index in [2.05, 4.69) is 5.32 Å². The summed E-state index contributed by atoms with van der Waals surface area (Å²) < 4.78 is 5.79. The largest absolute Gasteiger partial charge is 0.457 e. The Balaban J connectivity index is 1.83. The highest BCUT2D eigenvalue weighted by Gasteiger charge is 2.17. The van der Waals surface area contributed by atoms with Crippen LogP contribution in [0.15, 0.2) is 48.5 Å². The zero-order valence-corrected chi connectivity index (χ0v) is 17.1. The molecule has 0 aliphatic heterocycles. The fraction of sp³-hybridized carbons (Fsp3) is 0.364. The summed E-state index contributed by atoms with van der Waals surface area (Å²) in [5, 5.41) is 2.86. The number of amides is 2. The molecule has 2 rings (SSSR count). The number of quaternary nitrogens is 1. The smallest absolute Gasteiger partial charge is 0.279 e. The monoisotopic (exact) mass is 384 g/mol. The molecule has 0 aliphatic rings. The number of ether oxygens (including phenoxy) is 1. The number of rotatable bonds is 9. The van der Waals surface area contributed by atoms with Crippen molar-refractivity contribution in [3.8, 4) is 11.5 Å². The number of hydrogen-bond donors (Lipinski definition) is 2. The molecular formula is C22H30N3O3+. The Kier molecular flexibility index (Phi) is 8.02. The van der Waals surface area contributed by atoms with Crippen LogP contribution < -0.4 is 15.0 Å². The van der Waals surface area contributed by atoms with Gasteiger partial charge in [-0.05, 0) is 57.2 Å². The lowest BCUT2D eigenvalue weighted by atomic mass is 10.2. The summed E-state index contributed by atoms with van der Waals surface area (Å²) in [5.74, 6) is 1.41. The van der Waals surface area contributed by atoms with Gasteiger partial charge in [0.2, 0.25) is 0 Å². The lowest BCUT2D eigenvalue weighted by Gasteiger charge is -2.20. The minimum absolute atomic E-state index is 0.0629. The van der Waals surface area contributed by atoms with Crippen LogP contribution in [0.4, 0.5) is 5.69 Å². The fourth-order valence-electron chi connectivity index (χ4n) is 2.84. The summed E-state index contributed by atoms with van der Waals surface area (Å²) >= 11 is 0. The zero-order valence-electron chi connectivity index (χ0n) is 17.1. The average Bonchev–Trinajstić information content (AvgIpc) is 2.66. The number of hydrogen-bond acceptors (Lipinski definition) is 3. The number of aryl methyl sites for hydroxylation is 1. The van der Waals surface area contributed by atoms with Crippen LogP contribution in [0.1, 0.15) is 19.4 Å². The van der Waals surface area contributed by atoms with E-state index >= 15 is 0 Å². The lowest BCUT2D eigenvalue weighted by Crippen LogP contribution is -3.11. The first-order valence-electron chi connectivity index (χ1n) is 9.64. The number of carbonyl (C=O) groups is 2. The number of benzene rings is 2. The summed E-state index contributed by atoms with van der Waals surface area (Å²) in [5.41, 5.74) is 1.88. The van der Waals surface area contributed by atoms with Crippen LogP contribution in [0.2, 0.25) is 0 Å². The molecule has 2 aromatic rings. The molecule has 0 saturated heterocycles. The predicted octanol–water partition coefficient (Wildman–Crippen LogP) is 2.11. The van der Waals surface area contributed by atoms with Crippen molar-refractivity contribution in [1.29, 1.82) is 0 Å². The molecule has 2 N–H and O–H groups in total. The highest BCUT2D eigenvalue weighted by atomic mass is 16.5. The number of likely N-dealkylation sites (N-methyl/N-ethyl adjacent to an activating group) is 2. The molecular weight excluding hydrogens is 354 g/mol. The van der Waals surface area contributed by atoms with Gasteiger partial charge in [0, 0.05) is 18.8 Å². The third kappa shape index (κ3) is 6.70. The van der Waals surface area contributed by atoms with E-state index in [-0.39, 0.29) is 18.4 Å². The van der Waals surface area contributed by atoms with Gasteiger partial charge < -0.3 is 19.9 Å². The van der Waals surface area contributed by atoms with Gasteiger partial charge in [0.25, 0.3) is 11.8 Å². The Hall–Kier alpha value is -2.86. The van der Waals surface area contributed by atoms with Crippen molar-refractivity contribution in [3.63, 3.8) is 0 Å². The molecule has 0 radical (unpaired) electrons. The molecule has 1 atom stereocenters. The van der Waals surface area contributed by atoms with Gasteiger partial charge in [0.15, 0.2) is 13.1 Å². The second-order valence-electron chi connectivity index (χ2n) is 6.86. The van der Waals surface area contributed by atoms with Gasteiger partial charge in [-0.2, -0.15) is 0 Å². The Morgan fingerprint density at radius 3 is 2.00 bits per heavy atom. The zero-order chi connectivity index (χ0) is 20.5. The molecule has 0 bridgehead atoms. The molecule has 0 saturated carbocycles. The maximum absolute atomic E-state index is 12.2. The second kappa shape index (κ2) is 10.5. The Bertz CT molecular complexity index is 769. The van der Waals surface area contributed by atoms with Gasteiger partial charge in [-0.1, -0.05) is 17.7 Å².